The van der Waals surface area contributed by atoms with Gasteiger partial charge >= 0.3 is 0 Å². The highest BCUT2D eigenvalue weighted by atomic mass is 16.2. The van der Waals surface area contributed by atoms with Crippen LogP contribution in [0.1, 0.15) is 44.4 Å². The summed E-state index contributed by atoms with van der Waals surface area (Å²) in [7, 11) is 0. The molecule has 0 bridgehead atoms. The summed E-state index contributed by atoms with van der Waals surface area (Å²) in [5, 5.41) is 8.56. The van der Waals surface area contributed by atoms with Crippen LogP contribution in [0.4, 0.5) is 11.4 Å². The molecule has 7 nitrogen and oxygen atoms in total. The molecule has 2 aromatic rings. The summed E-state index contributed by atoms with van der Waals surface area (Å²) in [4.78, 5) is 37.8. The Kier molecular flexibility index (Phi) is 9.21. The maximum absolute atomic E-state index is 12.6. The molecule has 0 aliphatic heterocycles. The van der Waals surface area contributed by atoms with E-state index in [1.54, 1.807) is 29.2 Å². The van der Waals surface area contributed by atoms with Gasteiger partial charge in [-0.25, -0.2) is 0 Å². The van der Waals surface area contributed by atoms with Crippen LogP contribution < -0.4 is 16.0 Å². The quantitative estimate of drug-likeness (QED) is 0.545. The Morgan fingerprint density at radius 1 is 0.839 bits per heavy atom. The first-order valence-corrected chi connectivity index (χ1v) is 10.6. The largest absolute Gasteiger partial charge is 0.348 e. The summed E-state index contributed by atoms with van der Waals surface area (Å²) in [6, 6.07) is 15.0. The summed E-state index contributed by atoms with van der Waals surface area (Å²) in [5.41, 5.74) is 3.55. The smallest absolute Gasteiger partial charge is 0.238 e. The number of rotatable bonds is 10. The van der Waals surface area contributed by atoms with Gasteiger partial charge in [-0.15, -0.1) is 0 Å². The Labute approximate surface area is 184 Å². The molecule has 0 aromatic heterocycles. The first-order chi connectivity index (χ1) is 14.8. The average molecular weight is 425 g/mol. The van der Waals surface area contributed by atoms with Crippen LogP contribution >= 0.6 is 0 Å². The number of likely N-dealkylation sites (N-methyl/N-ethyl adjacent to an activating group) is 1. The minimum atomic E-state index is -0.201. The van der Waals surface area contributed by atoms with Crippen LogP contribution in [0.25, 0.3) is 0 Å². The lowest BCUT2D eigenvalue weighted by Gasteiger charge is -2.22. The lowest BCUT2D eigenvalue weighted by atomic mass is 10.0. The van der Waals surface area contributed by atoms with Gasteiger partial charge < -0.3 is 16.0 Å². The van der Waals surface area contributed by atoms with Gasteiger partial charge in [0.15, 0.2) is 0 Å². The third-order valence-electron chi connectivity index (χ3n) is 4.89. The van der Waals surface area contributed by atoms with Crippen LogP contribution in [0.2, 0.25) is 0 Å². The molecular formula is C24H32N4O3. The van der Waals surface area contributed by atoms with Crippen molar-refractivity contribution in [2.75, 3.05) is 30.3 Å². The Bertz CT molecular complexity index is 879. The lowest BCUT2D eigenvalue weighted by Crippen LogP contribution is -2.42. The highest BCUT2D eigenvalue weighted by Crippen LogP contribution is 2.17. The van der Waals surface area contributed by atoms with Gasteiger partial charge in [-0.05, 0) is 49.7 Å². The Morgan fingerprint density at radius 3 is 1.90 bits per heavy atom. The average Bonchev–Trinajstić information content (AvgIpc) is 2.73. The molecule has 0 saturated carbocycles. The predicted octanol–water partition coefficient (Wildman–Crippen LogP) is 3.48. The number of aryl methyl sites for hydroxylation is 1. The highest BCUT2D eigenvalue weighted by Gasteiger charge is 2.17. The van der Waals surface area contributed by atoms with E-state index in [1.807, 2.05) is 45.0 Å². The molecule has 0 saturated heterocycles. The number of carbonyl (C=O) groups excluding carboxylic acids is 3. The van der Waals surface area contributed by atoms with Gasteiger partial charge in [-0.1, -0.05) is 43.7 Å². The fraction of sp³-hybridized carbons (Fsp3) is 0.375. The van der Waals surface area contributed by atoms with E-state index in [4.69, 9.17) is 0 Å². The van der Waals surface area contributed by atoms with Crippen molar-refractivity contribution in [3.8, 4) is 0 Å². The van der Waals surface area contributed by atoms with Crippen molar-refractivity contribution >= 4 is 29.1 Å². The van der Waals surface area contributed by atoms with Gasteiger partial charge in [-0.2, -0.15) is 0 Å². The standard InChI is InChI=1S/C24H32N4O3/c1-5-22(19-9-7-17(3)8-10-19)27-24(31)16-28(6-2)15-23(30)26-21-13-11-20(12-14-21)25-18(4)29/h7-14,22H,5-6,15-16H2,1-4H3,(H,25,29)(H,26,30)(H,27,31)/t22-/m0/s1. The molecule has 0 radical (unpaired) electrons. The van der Waals surface area contributed by atoms with Gasteiger partial charge in [0.2, 0.25) is 17.7 Å². The van der Waals surface area contributed by atoms with Crippen LogP contribution in [-0.4, -0.2) is 42.3 Å². The maximum Gasteiger partial charge on any atom is 0.238 e. The Hall–Kier alpha value is -3.19. The molecule has 2 aromatic carbocycles. The predicted molar refractivity (Wildman–Crippen MR) is 124 cm³/mol. The molecule has 0 heterocycles. The molecule has 0 aliphatic carbocycles. The zero-order chi connectivity index (χ0) is 22.8. The summed E-state index contributed by atoms with van der Waals surface area (Å²) < 4.78 is 0. The Morgan fingerprint density at radius 2 is 1.39 bits per heavy atom. The number of amides is 3. The topological polar surface area (TPSA) is 90.5 Å². The molecule has 31 heavy (non-hydrogen) atoms. The first kappa shape index (κ1) is 24.1. The molecule has 0 unspecified atom stereocenters. The van der Waals surface area contributed by atoms with Crippen molar-refractivity contribution in [3.63, 3.8) is 0 Å². The van der Waals surface area contributed by atoms with Crippen LogP contribution in [0.15, 0.2) is 48.5 Å². The van der Waals surface area contributed by atoms with E-state index in [1.165, 1.54) is 12.5 Å². The van der Waals surface area contributed by atoms with Crippen molar-refractivity contribution in [2.45, 2.75) is 40.2 Å². The number of benzene rings is 2. The maximum atomic E-state index is 12.6. The van der Waals surface area contributed by atoms with E-state index in [0.717, 1.165) is 12.0 Å². The monoisotopic (exact) mass is 424 g/mol. The molecular weight excluding hydrogens is 392 g/mol. The zero-order valence-electron chi connectivity index (χ0n) is 18.7. The van der Waals surface area contributed by atoms with Gasteiger partial charge in [0.1, 0.15) is 0 Å². The molecule has 0 aliphatic rings. The second-order valence-electron chi connectivity index (χ2n) is 7.55. The third-order valence-corrected chi connectivity index (χ3v) is 4.89. The zero-order valence-corrected chi connectivity index (χ0v) is 18.7. The number of anilines is 2. The fourth-order valence-corrected chi connectivity index (χ4v) is 3.19. The first-order valence-electron chi connectivity index (χ1n) is 10.6. The van der Waals surface area contributed by atoms with Gasteiger partial charge in [0.25, 0.3) is 0 Å². The van der Waals surface area contributed by atoms with Crippen LogP contribution in [0.5, 0.6) is 0 Å². The summed E-state index contributed by atoms with van der Waals surface area (Å²) in [5.74, 6) is -0.462. The van der Waals surface area contributed by atoms with E-state index in [9.17, 15) is 14.4 Å². The van der Waals surface area contributed by atoms with Gasteiger partial charge in [-0.3, -0.25) is 19.3 Å². The number of hydrogen-bond donors (Lipinski definition) is 3. The van der Waals surface area contributed by atoms with E-state index in [-0.39, 0.29) is 36.9 Å². The lowest BCUT2D eigenvalue weighted by molar-refractivity contribution is -0.124. The molecule has 2 rings (SSSR count). The van der Waals surface area contributed by atoms with Crippen molar-refractivity contribution < 1.29 is 14.4 Å². The minimum Gasteiger partial charge on any atom is -0.348 e. The molecule has 1 atom stereocenters. The third kappa shape index (κ3) is 8.22. The van der Waals surface area contributed by atoms with Crippen molar-refractivity contribution in [1.82, 2.24) is 10.2 Å². The van der Waals surface area contributed by atoms with Crippen LogP contribution in [-0.2, 0) is 14.4 Å². The normalized spacial score (nSPS) is 11.6. The molecule has 3 amide bonds. The number of carbonyl (C=O) groups is 3. The van der Waals surface area contributed by atoms with E-state index >= 15 is 0 Å². The summed E-state index contributed by atoms with van der Waals surface area (Å²) >= 11 is 0. The second kappa shape index (κ2) is 11.9. The number of nitrogens with zero attached hydrogens (tertiary/aromatic N) is 1. The summed E-state index contributed by atoms with van der Waals surface area (Å²) in [6.07, 6.45) is 0.788. The van der Waals surface area contributed by atoms with Crippen molar-refractivity contribution in [1.29, 1.82) is 0 Å². The molecule has 166 valence electrons. The number of hydrogen-bond acceptors (Lipinski definition) is 4. The molecule has 0 fully saturated rings. The van der Waals surface area contributed by atoms with E-state index in [0.29, 0.717) is 17.9 Å². The SMILES string of the molecule is CC[C@H](NC(=O)CN(CC)CC(=O)Nc1ccc(NC(C)=O)cc1)c1ccc(C)cc1. The highest BCUT2D eigenvalue weighted by molar-refractivity contribution is 5.93. The van der Waals surface area contributed by atoms with Crippen molar-refractivity contribution in [2.24, 2.45) is 0 Å². The molecule has 3 N–H and O–H groups in total. The summed E-state index contributed by atoms with van der Waals surface area (Å²) in [6.45, 7) is 8.25. The van der Waals surface area contributed by atoms with E-state index < -0.39 is 0 Å². The van der Waals surface area contributed by atoms with Gasteiger partial charge in [0.05, 0.1) is 19.1 Å². The van der Waals surface area contributed by atoms with Gasteiger partial charge in [0, 0.05) is 18.3 Å². The minimum absolute atomic E-state index is 0.0530. The van der Waals surface area contributed by atoms with Crippen molar-refractivity contribution in [3.05, 3.63) is 59.7 Å². The van der Waals surface area contributed by atoms with Crippen LogP contribution in [0, 0.1) is 6.92 Å². The molecule has 7 heteroatoms. The van der Waals surface area contributed by atoms with Crippen LogP contribution in [0.3, 0.4) is 0 Å². The fourth-order valence-electron chi connectivity index (χ4n) is 3.19. The Balaban J connectivity index is 1.87. The molecule has 0 spiro atoms. The number of nitrogens with one attached hydrogen (secondary N) is 3. The van der Waals surface area contributed by atoms with E-state index in [2.05, 4.69) is 16.0 Å². The second-order valence-corrected chi connectivity index (χ2v) is 7.55.